The summed E-state index contributed by atoms with van der Waals surface area (Å²) in [5, 5.41) is 10.0. The van der Waals surface area contributed by atoms with Crippen molar-refractivity contribution in [3.05, 3.63) is 63.1 Å². The lowest BCUT2D eigenvalue weighted by molar-refractivity contribution is 0.0945. The minimum atomic E-state index is -0.461. The van der Waals surface area contributed by atoms with E-state index in [-0.39, 0.29) is 11.1 Å². The number of hydrogen-bond acceptors (Lipinski definition) is 5. The Morgan fingerprint density at radius 3 is 2.73 bits per heavy atom. The van der Waals surface area contributed by atoms with Crippen LogP contribution in [0.25, 0.3) is 0 Å². The SMILES string of the molecule is Cc1nc([C@@H](NC(=O)c2scnc2Cl)c2ccccc2)n[nH]1. The second kappa shape index (κ2) is 6.25. The summed E-state index contributed by atoms with van der Waals surface area (Å²) in [4.78, 5) is 21.0. The number of nitrogens with zero attached hydrogens (tertiary/aromatic N) is 3. The smallest absolute Gasteiger partial charge is 0.265 e. The van der Waals surface area contributed by atoms with Crippen molar-refractivity contribution in [2.45, 2.75) is 13.0 Å². The summed E-state index contributed by atoms with van der Waals surface area (Å²) in [5.41, 5.74) is 2.42. The molecule has 2 N–H and O–H groups in total. The van der Waals surface area contributed by atoms with Gasteiger partial charge in [0.05, 0.1) is 5.51 Å². The van der Waals surface area contributed by atoms with Gasteiger partial charge in [0.2, 0.25) is 0 Å². The predicted molar refractivity (Wildman–Crippen MR) is 84.0 cm³/mol. The average Bonchev–Trinajstić information content (AvgIpc) is 3.14. The van der Waals surface area contributed by atoms with E-state index in [1.165, 1.54) is 16.8 Å². The molecule has 6 nitrogen and oxygen atoms in total. The molecule has 3 aromatic rings. The van der Waals surface area contributed by atoms with Crippen molar-refractivity contribution in [2.24, 2.45) is 0 Å². The van der Waals surface area contributed by atoms with Crippen molar-refractivity contribution in [3.63, 3.8) is 0 Å². The van der Waals surface area contributed by atoms with Gasteiger partial charge in [0.1, 0.15) is 16.7 Å². The number of aromatic nitrogens is 4. The van der Waals surface area contributed by atoms with E-state index >= 15 is 0 Å². The highest BCUT2D eigenvalue weighted by Gasteiger charge is 2.23. The predicted octanol–water partition coefficient (Wildman–Crippen LogP) is 2.74. The lowest BCUT2D eigenvalue weighted by atomic mass is 10.1. The zero-order valence-electron chi connectivity index (χ0n) is 11.6. The molecular formula is C14H12ClN5OS. The molecule has 0 saturated heterocycles. The number of thiazole rings is 1. The van der Waals surface area contributed by atoms with E-state index in [0.29, 0.717) is 16.5 Å². The fraction of sp³-hybridized carbons (Fsp3) is 0.143. The molecule has 112 valence electrons. The van der Waals surface area contributed by atoms with Gasteiger partial charge in [-0.25, -0.2) is 9.97 Å². The molecule has 0 unspecified atom stereocenters. The van der Waals surface area contributed by atoms with Gasteiger partial charge in [0.15, 0.2) is 11.0 Å². The van der Waals surface area contributed by atoms with Gasteiger partial charge in [-0.2, -0.15) is 5.10 Å². The number of amides is 1. The third-order valence-electron chi connectivity index (χ3n) is 3.01. The second-order valence-electron chi connectivity index (χ2n) is 4.57. The highest BCUT2D eigenvalue weighted by atomic mass is 35.5. The number of halogens is 1. The maximum absolute atomic E-state index is 12.4. The summed E-state index contributed by atoms with van der Waals surface area (Å²) in [6.45, 7) is 1.81. The normalized spacial score (nSPS) is 12.1. The average molecular weight is 334 g/mol. The number of aryl methyl sites for hydroxylation is 1. The number of aromatic amines is 1. The van der Waals surface area contributed by atoms with Crippen LogP contribution in [-0.4, -0.2) is 26.1 Å². The largest absolute Gasteiger partial charge is 0.337 e. The van der Waals surface area contributed by atoms with Crippen LogP contribution in [0.5, 0.6) is 0 Å². The Morgan fingerprint density at radius 1 is 1.36 bits per heavy atom. The van der Waals surface area contributed by atoms with E-state index in [4.69, 9.17) is 11.6 Å². The maximum atomic E-state index is 12.4. The number of carbonyl (C=O) groups is 1. The quantitative estimate of drug-likeness (QED) is 0.769. The van der Waals surface area contributed by atoms with Gasteiger partial charge >= 0.3 is 0 Å². The van der Waals surface area contributed by atoms with E-state index in [9.17, 15) is 4.79 Å². The zero-order valence-corrected chi connectivity index (χ0v) is 13.1. The van der Waals surface area contributed by atoms with Gasteiger partial charge < -0.3 is 5.32 Å². The van der Waals surface area contributed by atoms with Crippen molar-refractivity contribution in [3.8, 4) is 0 Å². The maximum Gasteiger partial charge on any atom is 0.265 e. The molecule has 2 heterocycles. The van der Waals surface area contributed by atoms with Gasteiger partial charge in [0.25, 0.3) is 5.91 Å². The minimum absolute atomic E-state index is 0.195. The summed E-state index contributed by atoms with van der Waals surface area (Å²) in [7, 11) is 0. The number of hydrogen-bond donors (Lipinski definition) is 2. The fourth-order valence-corrected chi connectivity index (χ4v) is 2.91. The van der Waals surface area contributed by atoms with E-state index in [1.807, 2.05) is 30.3 Å². The molecular weight excluding hydrogens is 322 g/mol. The van der Waals surface area contributed by atoms with Gasteiger partial charge in [-0.15, -0.1) is 11.3 Å². The van der Waals surface area contributed by atoms with Crippen LogP contribution in [0, 0.1) is 6.92 Å². The standard InChI is InChI=1S/C14H12ClN5OS/c1-8-17-13(20-19-8)10(9-5-3-2-4-6-9)18-14(21)11-12(15)16-7-22-11/h2-7,10H,1H3,(H,18,21)(H,17,19,20)/t10-/m0/s1. The summed E-state index contributed by atoms with van der Waals surface area (Å²) in [6.07, 6.45) is 0. The van der Waals surface area contributed by atoms with E-state index in [0.717, 1.165) is 5.56 Å². The Hall–Kier alpha value is -2.25. The Morgan fingerprint density at radius 2 is 2.14 bits per heavy atom. The molecule has 8 heteroatoms. The molecule has 1 atom stereocenters. The molecule has 0 aliphatic carbocycles. The van der Waals surface area contributed by atoms with Gasteiger partial charge in [-0.05, 0) is 12.5 Å². The highest BCUT2D eigenvalue weighted by molar-refractivity contribution is 7.12. The zero-order chi connectivity index (χ0) is 15.5. The topological polar surface area (TPSA) is 83.6 Å². The summed E-state index contributed by atoms with van der Waals surface area (Å²) in [5.74, 6) is 0.877. The fourth-order valence-electron chi connectivity index (χ4n) is 2.01. The monoisotopic (exact) mass is 333 g/mol. The van der Waals surface area contributed by atoms with Crippen LogP contribution in [0.2, 0.25) is 5.15 Å². The van der Waals surface area contributed by atoms with Crippen LogP contribution in [0.3, 0.4) is 0 Å². The lowest BCUT2D eigenvalue weighted by Crippen LogP contribution is -2.29. The van der Waals surface area contributed by atoms with Crippen LogP contribution < -0.4 is 5.32 Å². The third-order valence-corrected chi connectivity index (χ3v) is 4.24. The Kier molecular flexibility index (Phi) is 4.17. The van der Waals surface area contributed by atoms with E-state index in [2.05, 4.69) is 25.5 Å². The number of carbonyl (C=O) groups excluding carboxylic acids is 1. The molecule has 0 aliphatic heterocycles. The molecule has 2 aromatic heterocycles. The molecule has 1 aromatic carbocycles. The first-order valence-electron chi connectivity index (χ1n) is 6.49. The van der Waals surface area contributed by atoms with Crippen LogP contribution in [0.1, 0.15) is 32.9 Å². The summed E-state index contributed by atoms with van der Waals surface area (Å²) in [6, 6.07) is 9.06. The van der Waals surface area contributed by atoms with Crippen molar-refractivity contribution >= 4 is 28.8 Å². The Bertz CT molecular complexity index is 785. The molecule has 1 amide bonds. The molecule has 0 saturated carbocycles. The van der Waals surface area contributed by atoms with E-state index in [1.54, 1.807) is 6.92 Å². The van der Waals surface area contributed by atoms with E-state index < -0.39 is 6.04 Å². The number of nitrogens with one attached hydrogen (secondary N) is 2. The molecule has 0 radical (unpaired) electrons. The van der Waals surface area contributed by atoms with Crippen molar-refractivity contribution in [2.75, 3.05) is 0 Å². The molecule has 3 rings (SSSR count). The van der Waals surface area contributed by atoms with Gasteiger partial charge in [0, 0.05) is 0 Å². The van der Waals surface area contributed by atoms with Crippen LogP contribution in [0.4, 0.5) is 0 Å². The Labute approximate surface area is 135 Å². The van der Waals surface area contributed by atoms with Gasteiger partial charge in [-0.1, -0.05) is 41.9 Å². The van der Waals surface area contributed by atoms with Crippen molar-refractivity contribution in [1.82, 2.24) is 25.5 Å². The van der Waals surface area contributed by atoms with Crippen LogP contribution in [-0.2, 0) is 0 Å². The first kappa shape index (κ1) is 14.7. The number of rotatable bonds is 4. The first-order chi connectivity index (χ1) is 10.6. The Balaban J connectivity index is 1.93. The first-order valence-corrected chi connectivity index (χ1v) is 7.74. The van der Waals surface area contributed by atoms with Crippen LogP contribution in [0.15, 0.2) is 35.8 Å². The minimum Gasteiger partial charge on any atom is -0.337 e. The summed E-state index contributed by atoms with van der Waals surface area (Å²) >= 11 is 7.11. The van der Waals surface area contributed by atoms with Crippen LogP contribution >= 0.6 is 22.9 Å². The van der Waals surface area contributed by atoms with Gasteiger partial charge in [-0.3, -0.25) is 9.89 Å². The van der Waals surface area contributed by atoms with Crippen molar-refractivity contribution < 1.29 is 4.79 Å². The van der Waals surface area contributed by atoms with Crippen molar-refractivity contribution in [1.29, 1.82) is 0 Å². The highest BCUT2D eigenvalue weighted by Crippen LogP contribution is 2.23. The molecule has 0 spiro atoms. The summed E-state index contributed by atoms with van der Waals surface area (Å²) < 4.78 is 0. The second-order valence-corrected chi connectivity index (χ2v) is 5.78. The molecule has 0 fully saturated rings. The molecule has 22 heavy (non-hydrogen) atoms. The number of H-pyrrole nitrogens is 1. The third kappa shape index (κ3) is 3.00. The lowest BCUT2D eigenvalue weighted by Gasteiger charge is -2.15. The number of benzene rings is 1. The molecule has 0 aliphatic rings. The molecule has 0 bridgehead atoms.